The number of aryl methyl sites for hydroxylation is 1. The smallest absolute Gasteiger partial charge is 0.254 e. The summed E-state index contributed by atoms with van der Waals surface area (Å²) in [5.74, 6) is -0.0125. The van der Waals surface area contributed by atoms with Crippen molar-refractivity contribution in [1.82, 2.24) is 4.90 Å². The Balaban J connectivity index is 2.91. The number of rotatable bonds is 5. The molecule has 0 heterocycles. The fraction of sp³-hybridized carbons (Fsp3) is 0.500. The van der Waals surface area contributed by atoms with Gasteiger partial charge < -0.3 is 15.7 Å². The Hall–Kier alpha value is -1.55. The van der Waals surface area contributed by atoms with Crippen molar-refractivity contribution in [3.63, 3.8) is 0 Å². The minimum atomic E-state index is -0.0125. The summed E-state index contributed by atoms with van der Waals surface area (Å²) < 4.78 is 0. The predicted molar refractivity (Wildman–Crippen MR) is 73.5 cm³/mol. The third kappa shape index (κ3) is 3.47. The Morgan fingerprint density at radius 2 is 2.11 bits per heavy atom. The minimum Gasteiger partial charge on any atom is -0.399 e. The van der Waals surface area contributed by atoms with E-state index in [0.29, 0.717) is 24.2 Å². The summed E-state index contributed by atoms with van der Waals surface area (Å²) in [5, 5.41) is 8.88. The molecule has 0 aromatic heterocycles. The zero-order chi connectivity index (χ0) is 13.7. The molecule has 18 heavy (non-hydrogen) atoms. The number of aliphatic hydroxyl groups is 1. The van der Waals surface area contributed by atoms with Crippen LogP contribution in [0.15, 0.2) is 18.2 Å². The van der Waals surface area contributed by atoms with Crippen LogP contribution >= 0.6 is 0 Å². The average molecular weight is 250 g/mol. The number of anilines is 1. The fourth-order valence-corrected chi connectivity index (χ4v) is 1.81. The van der Waals surface area contributed by atoms with E-state index in [1.807, 2.05) is 26.8 Å². The van der Waals surface area contributed by atoms with Crippen LogP contribution in [0.5, 0.6) is 0 Å². The van der Waals surface area contributed by atoms with Crippen LogP contribution in [-0.2, 0) is 0 Å². The van der Waals surface area contributed by atoms with Gasteiger partial charge >= 0.3 is 0 Å². The van der Waals surface area contributed by atoms with Gasteiger partial charge in [-0.25, -0.2) is 0 Å². The first-order valence-corrected chi connectivity index (χ1v) is 6.25. The normalized spacial score (nSPS) is 10.7. The zero-order valence-corrected chi connectivity index (χ0v) is 11.3. The van der Waals surface area contributed by atoms with Gasteiger partial charge in [0.15, 0.2) is 0 Å². The molecular weight excluding hydrogens is 228 g/mol. The van der Waals surface area contributed by atoms with Crippen molar-refractivity contribution in [2.24, 2.45) is 0 Å². The highest BCUT2D eigenvalue weighted by Crippen LogP contribution is 2.15. The molecule has 0 saturated heterocycles. The molecule has 0 saturated carbocycles. The number of nitrogens with zero attached hydrogens (tertiary/aromatic N) is 1. The third-order valence-corrected chi connectivity index (χ3v) is 2.96. The van der Waals surface area contributed by atoms with Crippen LogP contribution in [0.1, 0.15) is 36.2 Å². The maximum absolute atomic E-state index is 12.4. The van der Waals surface area contributed by atoms with Crippen LogP contribution in [-0.4, -0.2) is 35.1 Å². The molecule has 1 rings (SSSR count). The number of hydrogen-bond acceptors (Lipinski definition) is 3. The number of carbonyl (C=O) groups is 1. The van der Waals surface area contributed by atoms with Crippen LogP contribution < -0.4 is 5.73 Å². The number of hydrogen-bond donors (Lipinski definition) is 2. The summed E-state index contributed by atoms with van der Waals surface area (Å²) in [5.41, 5.74) is 8.00. The monoisotopic (exact) mass is 250 g/mol. The molecule has 0 aliphatic heterocycles. The van der Waals surface area contributed by atoms with E-state index in [4.69, 9.17) is 10.8 Å². The van der Waals surface area contributed by atoms with Gasteiger partial charge in [0.25, 0.3) is 5.91 Å². The summed E-state index contributed by atoms with van der Waals surface area (Å²) in [6.07, 6.45) is 0.595. The Kier molecular flexibility index (Phi) is 5.16. The molecule has 0 aliphatic carbocycles. The summed E-state index contributed by atoms with van der Waals surface area (Å²) in [4.78, 5) is 14.1. The molecule has 0 unspecified atom stereocenters. The quantitative estimate of drug-likeness (QED) is 0.783. The lowest BCUT2D eigenvalue weighted by molar-refractivity contribution is 0.0693. The van der Waals surface area contributed by atoms with E-state index < -0.39 is 0 Å². The second-order valence-corrected chi connectivity index (χ2v) is 4.74. The molecule has 4 heteroatoms. The Morgan fingerprint density at radius 3 is 2.61 bits per heavy atom. The number of amides is 1. The molecule has 0 spiro atoms. The van der Waals surface area contributed by atoms with E-state index >= 15 is 0 Å². The maximum Gasteiger partial charge on any atom is 0.254 e. The lowest BCUT2D eigenvalue weighted by atomic mass is 10.1. The first kappa shape index (κ1) is 14.5. The number of aliphatic hydroxyl groups excluding tert-OH is 1. The zero-order valence-electron chi connectivity index (χ0n) is 11.3. The Labute approximate surface area is 108 Å². The first-order valence-electron chi connectivity index (χ1n) is 6.25. The van der Waals surface area contributed by atoms with Crippen LogP contribution in [0.25, 0.3) is 0 Å². The van der Waals surface area contributed by atoms with Gasteiger partial charge in [-0.05, 0) is 51.0 Å². The molecule has 0 aliphatic rings. The molecule has 0 atom stereocenters. The van der Waals surface area contributed by atoms with Gasteiger partial charge in [0.2, 0.25) is 0 Å². The summed E-state index contributed by atoms with van der Waals surface area (Å²) in [7, 11) is 0. The second kappa shape index (κ2) is 6.40. The van der Waals surface area contributed by atoms with Crippen molar-refractivity contribution in [2.75, 3.05) is 18.9 Å². The molecule has 1 aromatic rings. The first-order chi connectivity index (χ1) is 8.47. The number of nitrogen functional groups attached to an aromatic ring is 1. The van der Waals surface area contributed by atoms with E-state index in [2.05, 4.69) is 0 Å². The molecule has 1 amide bonds. The van der Waals surface area contributed by atoms with Crippen molar-refractivity contribution in [3.8, 4) is 0 Å². The number of carbonyl (C=O) groups excluding carboxylic acids is 1. The molecular formula is C14H22N2O2. The third-order valence-electron chi connectivity index (χ3n) is 2.96. The SMILES string of the molecule is Cc1cc(C(=O)N(CCCO)C(C)C)ccc1N. The van der Waals surface area contributed by atoms with Crippen LogP contribution in [0.3, 0.4) is 0 Å². The Bertz CT molecular complexity index is 416. The maximum atomic E-state index is 12.4. The fourth-order valence-electron chi connectivity index (χ4n) is 1.81. The number of benzene rings is 1. The van der Waals surface area contributed by atoms with Crippen LogP contribution in [0.2, 0.25) is 0 Å². The van der Waals surface area contributed by atoms with Gasteiger partial charge in [-0.15, -0.1) is 0 Å². The van der Waals surface area contributed by atoms with Crippen LogP contribution in [0, 0.1) is 6.92 Å². The molecule has 3 N–H and O–H groups in total. The van der Waals surface area contributed by atoms with Crippen LogP contribution in [0.4, 0.5) is 5.69 Å². The van der Waals surface area contributed by atoms with E-state index in [0.717, 1.165) is 5.56 Å². The largest absolute Gasteiger partial charge is 0.399 e. The second-order valence-electron chi connectivity index (χ2n) is 4.74. The van der Waals surface area contributed by atoms with E-state index in [1.165, 1.54) is 0 Å². The lowest BCUT2D eigenvalue weighted by Crippen LogP contribution is -2.38. The summed E-state index contributed by atoms with van der Waals surface area (Å²) in [6, 6.07) is 5.43. The highest BCUT2D eigenvalue weighted by molar-refractivity contribution is 5.95. The van der Waals surface area contributed by atoms with E-state index in [9.17, 15) is 4.79 Å². The molecule has 0 bridgehead atoms. The summed E-state index contributed by atoms with van der Waals surface area (Å²) >= 11 is 0. The molecule has 0 fully saturated rings. The van der Waals surface area contributed by atoms with Gasteiger partial charge in [0, 0.05) is 30.4 Å². The Morgan fingerprint density at radius 1 is 1.44 bits per heavy atom. The molecule has 4 nitrogen and oxygen atoms in total. The van der Waals surface area contributed by atoms with Crippen molar-refractivity contribution in [2.45, 2.75) is 33.2 Å². The van der Waals surface area contributed by atoms with Crippen molar-refractivity contribution in [3.05, 3.63) is 29.3 Å². The van der Waals surface area contributed by atoms with Gasteiger partial charge in [-0.3, -0.25) is 4.79 Å². The average Bonchev–Trinajstić information content (AvgIpc) is 2.32. The number of nitrogens with two attached hydrogens (primary N) is 1. The van der Waals surface area contributed by atoms with Gasteiger partial charge in [-0.2, -0.15) is 0 Å². The van der Waals surface area contributed by atoms with Gasteiger partial charge in [0.05, 0.1) is 0 Å². The molecule has 1 aromatic carbocycles. The molecule has 100 valence electrons. The van der Waals surface area contributed by atoms with Gasteiger partial charge in [-0.1, -0.05) is 0 Å². The topological polar surface area (TPSA) is 66.6 Å². The van der Waals surface area contributed by atoms with E-state index in [-0.39, 0.29) is 18.6 Å². The predicted octanol–water partition coefficient (Wildman–Crippen LogP) is 1.81. The van der Waals surface area contributed by atoms with E-state index in [1.54, 1.807) is 17.0 Å². The lowest BCUT2D eigenvalue weighted by Gasteiger charge is -2.26. The summed E-state index contributed by atoms with van der Waals surface area (Å²) in [6.45, 7) is 6.49. The van der Waals surface area contributed by atoms with Crippen molar-refractivity contribution >= 4 is 11.6 Å². The van der Waals surface area contributed by atoms with Crippen molar-refractivity contribution < 1.29 is 9.90 Å². The van der Waals surface area contributed by atoms with Crippen molar-refractivity contribution in [1.29, 1.82) is 0 Å². The van der Waals surface area contributed by atoms with Gasteiger partial charge in [0.1, 0.15) is 0 Å². The standard InChI is InChI=1S/C14H22N2O2/c1-10(2)16(7-4-8-17)14(18)12-5-6-13(15)11(3)9-12/h5-6,9-10,17H,4,7-8,15H2,1-3H3. The highest BCUT2D eigenvalue weighted by atomic mass is 16.3. The molecule has 0 radical (unpaired) electrons. The minimum absolute atomic E-state index is 0.0125. The highest BCUT2D eigenvalue weighted by Gasteiger charge is 2.18.